The van der Waals surface area contributed by atoms with Gasteiger partial charge in [-0.2, -0.15) is 0 Å². The van der Waals surface area contributed by atoms with Crippen LogP contribution in [0.25, 0.3) is 0 Å². The third-order valence-electron chi connectivity index (χ3n) is 4.14. The standard InChI is InChI=1S/C15H16F3N3O/c1-14(17,18)9-2-3-10(11(16)8-9)12-20-13(22)15(21-12)4-6-19-7-5-15/h2-3,8,19H,4-7H2,1H3,(H,20,21,22). The van der Waals surface area contributed by atoms with Crippen molar-refractivity contribution in [3.63, 3.8) is 0 Å². The first-order valence-electron chi connectivity index (χ1n) is 7.12. The van der Waals surface area contributed by atoms with Crippen molar-refractivity contribution in [1.29, 1.82) is 0 Å². The monoisotopic (exact) mass is 311 g/mol. The van der Waals surface area contributed by atoms with E-state index >= 15 is 0 Å². The van der Waals surface area contributed by atoms with Crippen LogP contribution in [0.5, 0.6) is 0 Å². The Morgan fingerprint density at radius 1 is 1.27 bits per heavy atom. The number of nitrogens with one attached hydrogen (secondary N) is 2. The smallest absolute Gasteiger partial charge is 0.270 e. The van der Waals surface area contributed by atoms with Crippen molar-refractivity contribution in [2.45, 2.75) is 31.2 Å². The Morgan fingerprint density at radius 2 is 1.95 bits per heavy atom. The molecule has 1 saturated heterocycles. The summed E-state index contributed by atoms with van der Waals surface area (Å²) in [6.45, 7) is 2.03. The third kappa shape index (κ3) is 2.49. The van der Waals surface area contributed by atoms with E-state index in [1.807, 2.05) is 0 Å². The molecule has 2 heterocycles. The Labute approximate surface area is 125 Å². The van der Waals surface area contributed by atoms with E-state index in [-0.39, 0.29) is 17.3 Å². The van der Waals surface area contributed by atoms with E-state index in [1.54, 1.807) is 0 Å². The molecule has 1 amide bonds. The van der Waals surface area contributed by atoms with Gasteiger partial charge in [-0.05, 0) is 38.1 Å². The number of amidine groups is 1. The molecule has 0 aromatic heterocycles. The Hall–Kier alpha value is -1.89. The Kier molecular flexibility index (Phi) is 3.47. The van der Waals surface area contributed by atoms with Crippen LogP contribution in [0.1, 0.15) is 30.9 Å². The number of hydrogen-bond donors (Lipinski definition) is 2. The second kappa shape index (κ2) is 5.08. The van der Waals surface area contributed by atoms with E-state index in [0.29, 0.717) is 32.9 Å². The van der Waals surface area contributed by atoms with Gasteiger partial charge in [0.15, 0.2) is 0 Å². The summed E-state index contributed by atoms with van der Waals surface area (Å²) in [5.74, 6) is -4.07. The van der Waals surface area contributed by atoms with Gasteiger partial charge in [-0.15, -0.1) is 0 Å². The van der Waals surface area contributed by atoms with Crippen LogP contribution in [0.2, 0.25) is 0 Å². The number of carbonyl (C=O) groups excluding carboxylic acids is 1. The van der Waals surface area contributed by atoms with Crippen LogP contribution in [0, 0.1) is 5.82 Å². The van der Waals surface area contributed by atoms with Crippen LogP contribution in [-0.2, 0) is 10.7 Å². The van der Waals surface area contributed by atoms with Gasteiger partial charge >= 0.3 is 0 Å². The molecule has 2 aliphatic heterocycles. The minimum Gasteiger partial charge on any atom is -0.317 e. The number of carbonyl (C=O) groups is 1. The number of hydrogen-bond acceptors (Lipinski definition) is 3. The maximum Gasteiger partial charge on any atom is 0.270 e. The summed E-state index contributed by atoms with van der Waals surface area (Å²) < 4.78 is 40.6. The first-order valence-corrected chi connectivity index (χ1v) is 7.12. The molecule has 1 fully saturated rings. The molecule has 118 valence electrons. The van der Waals surface area contributed by atoms with Crippen molar-refractivity contribution in [3.8, 4) is 0 Å². The third-order valence-corrected chi connectivity index (χ3v) is 4.14. The van der Waals surface area contributed by atoms with E-state index in [4.69, 9.17) is 0 Å². The highest BCUT2D eigenvalue weighted by molar-refractivity contribution is 6.15. The van der Waals surface area contributed by atoms with Crippen LogP contribution in [0.3, 0.4) is 0 Å². The van der Waals surface area contributed by atoms with Crippen LogP contribution < -0.4 is 10.6 Å². The lowest BCUT2D eigenvalue weighted by Crippen LogP contribution is -2.47. The molecule has 2 N–H and O–H groups in total. The minimum atomic E-state index is -3.11. The van der Waals surface area contributed by atoms with Gasteiger partial charge < -0.3 is 10.6 Å². The van der Waals surface area contributed by atoms with E-state index in [2.05, 4.69) is 15.6 Å². The molecule has 1 spiro atoms. The number of rotatable bonds is 2. The van der Waals surface area contributed by atoms with Gasteiger partial charge in [-0.25, -0.2) is 13.2 Å². The van der Waals surface area contributed by atoms with Crippen molar-refractivity contribution in [2.75, 3.05) is 13.1 Å². The number of halogens is 3. The molecular formula is C15H16F3N3O. The first-order chi connectivity index (χ1) is 10.3. The van der Waals surface area contributed by atoms with E-state index in [0.717, 1.165) is 12.1 Å². The lowest BCUT2D eigenvalue weighted by atomic mass is 9.89. The summed E-state index contributed by atoms with van der Waals surface area (Å²) in [6.07, 6.45) is 1.07. The maximum absolute atomic E-state index is 14.1. The number of aliphatic imine (C=N–C) groups is 1. The molecule has 0 aliphatic carbocycles. The number of benzene rings is 1. The predicted molar refractivity (Wildman–Crippen MR) is 75.5 cm³/mol. The minimum absolute atomic E-state index is 0.0387. The van der Waals surface area contributed by atoms with Gasteiger partial charge in [0, 0.05) is 12.5 Å². The Balaban J connectivity index is 1.95. The highest BCUT2D eigenvalue weighted by Crippen LogP contribution is 2.31. The van der Waals surface area contributed by atoms with E-state index in [9.17, 15) is 18.0 Å². The van der Waals surface area contributed by atoms with Gasteiger partial charge in [-0.3, -0.25) is 9.79 Å². The Bertz CT molecular complexity index is 646. The van der Waals surface area contributed by atoms with Crippen molar-refractivity contribution in [2.24, 2.45) is 4.99 Å². The van der Waals surface area contributed by atoms with Gasteiger partial charge in [0.25, 0.3) is 11.8 Å². The summed E-state index contributed by atoms with van der Waals surface area (Å²) in [4.78, 5) is 16.5. The van der Waals surface area contributed by atoms with Crippen LogP contribution >= 0.6 is 0 Å². The van der Waals surface area contributed by atoms with Crippen molar-refractivity contribution in [3.05, 3.63) is 35.1 Å². The second-order valence-electron chi connectivity index (χ2n) is 5.78. The molecule has 0 bridgehead atoms. The van der Waals surface area contributed by atoms with E-state index in [1.165, 1.54) is 6.07 Å². The average molecular weight is 311 g/mol. The molecule has 0 atom stereocenters. The van der Waals surface area contributed by atoms with E-state index < -0.39 is 22.8 Å². The molecule has 0 unspecified atom stereocenters. The van der Waals surface area contributed by atoms with Gasteiger partial charge in [0.1, 0.15) is 17.2 Å². The molecule has 22 heavy (non-hydrogen) atoms. The highest BCUT2D eigenvalue weighted by Gasteiger charge is 2.44. The Morgan fingerprint density at radius 3 is 2.55 bits per heavy atom. The normalized spacial score (nSPS) is 20.9. The van der Waals surface area contributed by atoms with Crippen molar-refractivity contribution in [1.82, 2.24) is 10.6 Å². The fourth-order valence-electron chi connectivity index (χ4n) is 2.80. The number of amides is 1. The largest absolute Gasteiger partial charge is 0.317 e. The molecular weight excluding hydrogens is 295 g/mol. The molecule has 1 aromatic rings. The molecule has 2 aliphatic rings. The SMILES string of the molecule is CC(F)(F)c1ccc(C2=NC3(CCNCC3)C(=O)N2)c(F)c1. The summed E-state index contributed by atoms with van der Waals surface area (Å²) in [5, 5.41) is 5.73. The molecule has 0 saturated carbocycles. The molecule has 1 aromatic carbocycles. The van der Waals surface area contributed by atoms with Crippen LogP contribution in [0.15, 0.2) is 23.2 Å². The molecule has 0 radical (unpaired) electrons. The summed E-state index contributed by atoms with van der Waals surface area (Å²) in [7, 11) is 0. The maximum atomic E-state index is 14.1. The summed E-state index contributed by atoms with van der Waals surface area (Å²) in [5.41, 5.74) is -1.23. The predicted octanol–water partition coefficient (Wildman–Crippen LogP) is 1.94. The fourth-order valence-corrected chi connectivity index (χ4v) is 2.80. The lowest BCUT2D eigenvalue weighted by Gasteiger charge is -2.28. The topological polar surface area (TPSA) is 53.5 Å². The van der Waals surface area contributed by atoms with Crippen LogP contribution in [0.4, 0.5) is 13.2 Å². The lowest BCUT2D eigenvalue weighted by molar-refractivity contribution is -0.124. The highest BCUT2D eigenvalue weighted by atomic mass is 19.3. The number of piperidine rings is 1. The fraction of sp³-hybridized carbons (Fsp3) is 0.467. The zero-order valence-electron chi connectivity index (χ0n) is 12.0. The summed E-state index contributed by atoms with van der Waals surface area (Å²) >= 11 is 0. The van der Waals surface area contributed by atoms with Gasteiger partial charge in [-0.1, -0.05) is 6.07 Å². The zero-order chi connectivity index (χ0) is 16.0. The summed E-state index contributed by atoms with van der Waals surface area (Å²) in [6, 6.07) is 3.18. The van der Waals surface area contributed by atoms with Crippen molar-refractivity contribution < 1.29 is 18.0 Å². The zero-order valence-corrected chi connectivity index (χ0v) is 12.0. The average Bonchev–Trinajstić information content (AvgIpc) is 2.75. The molecule has 4 nitrogen and oxygen atoms in total. The first kappa shape index (κ1) is 15.0. The molecule has 3 rings (SSSR count). The number of nitrogens with zero attached hydrogens (tertiary/aromatic N) is 1. The van der Waals surface area contributed by atoms with Gasteiger partial charge in [0.2, 0.25) is 0 Å². The quantitative estimate of drug-likeness (QED) is 0.877. The molecule has 7 heteroatoms. The second-order valence-corrected chi connectivity index (χ2v) is 5.78. The van der Waals surface area contributed by atoms with Crippen LogP contribution in [-0.4, -0.2) is 30.4 Å². The van der Waals surface area contributed by atoms with Crippen molar-refractivity contribution >= 4 is 11.7 Å². The van der Waals surface area contributed by atoms with Gasteiger partial charge in [0.05, 0.1) is 5.56 Å². The number of alkyl halides is 2.